The van der Waals surface area contributed by atoms with Crippen molar-refractivity contribution < 1.29 is 19.1 Å². The van der Waals surface area contributed by atoms with Gasteiger partial charge < -0.3 is 14.8 Å². The third kappa shape index (κ3) is 3.25. The van der Waals surface area contributed by atoms with Crippen molar-refractivity contribution in [2.75, 3.05) is 20.8 Å². The van der Waals surface area contributed by atoms with Crippen molar-refractivity contribution in [1.82, 2.24) is 10.2 Å². The van der Waals surface area contributed by atoms with Crippen LogP contribution in [0.1, 0.15) is 31.4 Å². The SMILES string of the molecule is C=C1Cc2cc(OC)c(OC)cc2C2=C(C=O)C(NCCC(C)C)C(=O)N12. The van der Waals surface area contributed by atoms with Gasteiger partial charge in [0.05, 0.1) is 19.9 Å². The molecule has 1 N–H and O–H groups in total. The Labute approximate surface area is 159 Å². The van der Waals surface area contributed by atoms with E-state index in [0.29, 0.717) is 47.3 Å². The Morgan fingerprint density at radius 1 is 1.30 bits per heavy atom. The molecule has 2 aliphatic heterocycles. The summed E-state index contributed by atoms with van der Waals surface area (Å²) < 4.78 is 10.8. The number of carbonyl (C=O) groups excluding carboxylic acids is 2. The summed E-state index contributed by atoms with van der Waals surface area (Å²) >= 11 is 0. The maximum absolute atomic E-state index is 13.0. The smallest absolute Gasteiger partial charge is 0.253 e. The molecule has 1 unspecified atom stereocenters. The van der Waals surface area contributed by atoms with Gasteiger partial charge in [-0.25, -0.2) is 0 Å². The van der Waals surface area contributed by atoms with Gasteiger partial charge in [0.1, 0.15) is 12.3 Å². The van der Waals surface area contributed by atoms with Crippen molar-refractivity contribution in [3.05, 3.63) is 41.1 Å². The molecule has 0 aromatic heterocycles. The molecule has 3 rings (SSSR count). The van der Waals surface area contributed by atoms with Crippen LogP contribution in [0.5, 0.6) is 11.5 Å². The Balaban J connectivity index is 2.09. The monoisotopic (exact) mass is 370 g/mol. The van der Waals surface area contributed by atoms with Gasteiger partial charge in [-0.05, 0) is 36.6 Å². The summed E-state index contributed by atoms with van der Waals surface area (Å²) in [6, 6.07) is 3.07. The number of methoxy groups -OCH3 is 2. The van der Waals surface area contributed by atoms with Crippen LogP contribution in [-0.2, 0) is 16.0 Å². The average molecular weight is 370 g/mol. The molecule has 0 aliphatic carbocycles. The lowest BCUT2D eigenvalue weighted by Gasteiger charge is -2.30. The number of nitrogens with zero attached hydrogens (tertiary/aromatic N) is 1. The second-order valence-corrected chi connectivity index (χ2v) is 7.27. The van der Waals surface area contributed by atoms with Crippen LogP contribution in [0.25, 0.3) is 5.70 Å². The Morgan fingerprint density at radius 2 is 1.96 bits per heavy atom. The fourth-order valence-corrected chi connectivity index (χ4v) is 3.65. The second kappa shape index (κ2) is 7.56. The Morgan fingerprint density at radius 3 is 2.56 bits per heavy atom. The van der Waals surface area contributed by atoms with Gasteiger partial charge in [0.2, 0.25) is 0 Å². The Bertz CT molecular complexity index is 826. The van der Waals surface area contributed by atoms with Crippen LogP contribution in [-0.4, -0.2) is 43.9 Å². The normalized spacial score (nSPS) is 18.7. The molecule has 1 amide bonds. The molecule has 0 saturated carbocycles. The highest BCUT2D eigenvalue weighted by Crippen LogP contribution is 2.44. The zero-order chi connectivity index (χ0) is 19.7. The summed E-state index contributed by atoms with van der Waals surface area (Å²) in [7, 11) is 3.15. The van der Waals surface area contributed by atoms with E-state index < -0.39 is 6.04 Å². The highest BCUT2D eigenvalue weighted by Gasteiger charge is 2.44. The first kappa shape index (κ1) is 19.2. The van der Waals surface area contributed by atoms with Crippen molar-refractivity contribution >= 4 is 17.9 Å². The minimum Gasteiger partial charge on any atom is -0.493 e. The van der Waals surface area contributed by atoms with Crippen LogP contribution in [0.4, 0.5) is 0 Å². The highest BCUT2D eigenvalue weighted by atomic mass is 16.5. The van der Waals surface area contributed by atoms with Crippen molar-refractivity contribution in [2.24, 2.45) is 5.92 Å². The number of allylic oxidation sites excluding steroid dienone is 1. The zero-order valence-electron chi connectivity index (χ0n) is 16.3. The first-order valence-electron chi connectivity index (χ1n) is 9.12. The van der Waals surface area contributed by atoms with E-state index in [1.165, 1.54) is 0 Å². The molecule has 0 bridgehead atoms. The van der Waals surface area contributed by atoms with Gasteiger partial charge in [-0.1, -0.05) is 20.4 Å². The Kier molecular flexibility index (Phi) is 5.37. The molecule has 1 aromatic rings. The number of ether oxygens (including phenoxy) is 2. The lowest BCUT2D eigenvalue weighted by molar-refractivity contribution is -0.127. The number of benzene rings is 1. The molecular formula is C21H26N2O4. The topological polar surface area (TPSA) is 67.9 Å². The number of rotatable bonds is 7. The van der Waals surface area contributed by atoms with Crippen LogP contribution in [0, 0.1) is 5.92 Å². The molecule has 1 atom stereocenters. The molecule has 2 aliphatic rings. The van der Waals surface area contributed by atoms with Gasteiger partial charge >= 0.3 is 0 Å². The van der Waals surface area contributed by atoms with Gasteiger partial charge in [0.15, 0.2) is 11.5 Å². The van der Waals surface area contributed by atoms with Gasteiger partial charge in [-0.15, -0.1) is 0 Å². The quantitative estimate of drug-likeness (QED) is 0.747. The van der Waals surface area contributed by atoms with Crippen molar-refractivity contribution in [3.63, 3.8) is 0 Å². The van der Waals surface area contributed by atoms with Gasteiger partial charge in [-0.3, -0.25) is 14.5 Å². The molecule has 27 heavy (non-hydrogen) atoms. The van der Waals surface area contributed by atoms with Crippen molar-refractivity contribution in [2.45, 2.75) is 32.7 Å². The summed E-state index contributed by atoms with van der Waals surface area (Å²) in [5.41, 5.74) is 3.46. The van der Waals surface area contributed by atoms with Crippen LogP contribution in [0.3, 0.4) is 0 Å². The van der Waals surface area contributed by atoms with E-state index in [4.69, 9.17) is 9.47 Å². The Hall–Kier alpha value is -2.60. The van der Waals surface area contributed by atoms with E-state index in [0.717, 1.165) is 23.8 Å². The number of nitrogens with one attached hydrogen (secondary N) is 1. The number of aldehydes is 1. The molecular weight excluding hydrogens is 344 g/mol. The molecule has 0 saturated heterocycles. The van der Waals surface area contributed by atoms with Crippen LogP contribution >= 0.6 is 0 Å². The predicted molar refractivity (Wildman–Crippen MR) is 103 cm³/mol. The van der Waals surface area contributed by atoms with E-state index in [1.807, 2.05) is 12.1 Å². The number of hydrogen-bond acceptors (Lipinski definition) is 5. The van der Waals surface area contributed by atoms with E-state index in [9.17, 15) is 9.59 Å². The molecule has 1 aromatic carbocycles. The summed E-state index contributed by atoms with van der Waals surface area (Å²) in [6.45, 7) is 8.98. The summed E-state index contributed by atoms with van der Waals surface area (Å²) in [5.74, 6) is 1.53. The standard InChI is InChI=1S/C21H26N2O4/c1-12(2)6-7-22-19-16(11-24)20-15-10-18(27-5)17(26-4)9-14(15)8-13(3)23(20)21(19)25/h9-12,19,22H,3,6-8H2,1-2,4-5H3. The van der Waals surface area contributed by atoms with E-state index >= 15 is 0 Å². The maximum atomic E-state index is 13.0. The van der Waals surface area contributed by atoms with Crippen LogP contribution < -0.4 is 14.8 Å². The first-order chi connectivity index (χ1) is 12.9. The van der Waals surface area contributed by atoms with Gasteiger partial charge in [0, 0.05) is 23.3 Å². The van der Waals surface area contributed by atoms with E-state index in [1.54, 1.807) is 19.1 Å². The zero-order valence-corrected chi connectivity index (χ0v) is 16.3. The molecule has 6 nitrogen and oxygen atoms in total. The maximum Gasteiger partial charge on any atom is 0.253 e. The number of hydrogen-bond donors (Lipinski definition) is 1. The second-order valence-electron chi connectivity index (χ2n) is 7.27. The van der Waals surface area contributed by atoms with Crippen LogP contribution in [0.2, 0.25) is 0 Å². The van der Waals surface area contributed by atoms with Gasteiger partial charge in [-0.2, -0.15) is 0 Å². The number of fused-ring (bicyclic) bond motifs is 3. The van der Waals surface area contributed by atoms with Crippen LogP contribution in [0.15, 0.2) is 30.0 Å². The van der Waals surface area contributed by atoms with E-state index in [2.05, 4.69) is 25.7 Å². The third-order valence-corrected chi connectivity index (χ3v) is 5.05. The number of amides is 1. The summed E-state index contributed by atoms with van der Waals surface area (Å²) in [6.07, 6.45) is 2.21. The molecule has 0 fully saturated rings. The van der Waals surface area contributed by atoms with E-state index in [-0.39, 0.29) is 5.91 Å². The first-order valence-corrected chi connectivity index (χ1v) is 9.12. The third-order valence-electron chi connectivity index (χ3n) is 5.05. The molecule has 0 radical (unpaired) electrons. The largest absolute Gasteiger partial charge is 0.493 e. The molecule has 2 heterocycles. The van der Waals surface area contributed by atoms with Gasteiger partial charge in [0.25, 0.3) is 5.91 Å². The fraction of sp³-hybridized carbons (Fsp3) is 0.429. The van der Waals surface area contributed by atoms with Crippen molar-refractivity contribution in [3.8, 4) is 11.5 Å². The molecule has 0 spiro atoms. The highest BCUT2D eigenvalue weighted by molar-refractivity contribution is 6.11. The summed E-state index contributed by atoms with van der Waals surface area (Å²) in [4.78, 5) is 26.5. The molecule has 144 valence electrons. The number of carbonyl (C=O) groups is 2. The minimum atomic E-state index is -0.646. The lowest BCUT2D eigenvalue weighted by atomic mass is 9.93. The fourth-order valence-electron chi connectivity index (χ4n) is 3.65. The van der Waals surface area contributed by atoms with Crippen molar-refractivity contribution in [1.29, 1.82) is 0 Å². The molecule has 6 heteroatoms. The summed E-state index contributed by atoms with van der Waals surface area (Å²) in [5, 5.41) is 3.25. The predicted octanol–water partition coefficient (Wildman–Crippen LogP) is 2.53. The minimum absolute atomic E-state index is 0.152. The average Bonchev–Trinajstić information content (AvgIpc) is 2.93. The lowest BCUT2D eigenvalue weighted by Crippen LogP contribution is -2.42.